The summed E-state index contributed by atoms with van der Waals surface area (Å²) < 4.78 is 65.3. The number of carbonyl (C=O) groups excluding carboxylic acids is 1. The number of hydrogen-bond donors (Lipinski definition) is 2. The van der Waals surface area contributed by atoms with Gasteiger partial charge in [0.15, 0.2) is 6.04 Å². The first kappa shape index (κ1) is 21.4. The van der Waals surface area contributed by atoms with E-state index < -0.39 is 29.8 Å². The molecule has 12 heteroatoms. The number of hydrogen-bond acceptors (Lipinski definition) is 6. The predicted molar refractivity (Wildman–Crippen MR) is 109 cm³/mol. The third-order valence-electron chi connectivity index (χ3n) is 5.85. The normalized spacial score (nSPS) is 18.0. The number of amides is 2. The Morgan fingerprint density at radius 2 is 1.91 bits per heavy atom. The molecule has 2 aliphatic rings. The zero-order valence-corrected chi connectivity index (χ0v) is 17.4. The Morgan fingerprint density at radius 1 is 1.21 bits per heavy atom. The third-order valence-corrected chi connectivity index (χ3v) is 5.85. The van der Waals surface area contributed by atoms with Crippen LogP contribution in [0.3, 0.4) is 0 Å². The van der Waals surface area contributed by atoms with E-state index in [0.717, 1.165) is 25.2 Å². The summed E-state index contributed by atoms with van der Waals surface area (Å²) in [6.07, 6.45) is -2.21. The summed E-state index contributed by atoms with van der Waals surface area (Å²) in [5, 5.41) is 4.38. The molecule has 2 aliphatic heterocycles. The number of furan rings is 1. The topological polar surface area (TPSA) is 92.5 Å². The summed E-state index contributed by atoms with van der Waals surface area (Å²) in [7, 11) is 0. The smallest absolute Gasteiger partial charge is 0.416 e. The van der Waals surface area contributed by atoms with Crippen molar-refractivity contribution in [3.05, 3.63) is 47.7 Å². The van der Waals surface area contributed by atoms with Gasteiger partial charge in [-0.1, -0.05) is 0 Å². The molecule has 2 amide bonds. The number of rotatable bonds is 4. The number of carbonyl (C=O) groups is 1. The van der Waals surface area contributed by atoms with Gasteiger partial charge in [-0.05, 0) is 25.1 Å². The second kappa shape index (κ2) is 7.58. The lowest BCUT2D eigenvalue weighted by Gasteiger charge is -2.54. The largest absolute Gasteiger partial charge is 0.458 e. The molecule has 2 fully saturated rings. The van der Waals surface area contributed by atoms with Gasteiger partial charge >= 0.3 is 12.2 Å². The van der Waals surface area contributed by atoms with E-state index in [1.54, 1.807) is 0 Å². The average molecular weight is 465 g/mol. The van der Waals surface area contributed by atoms with Gasteiger partial charge in [-0.3, -0.25) is 0 Å². The van der Waals surface area contributed by atoms with Crippen molar-refractivity contribution >= 4 is 28.6 Å². The second-order valence-corrected chi connectivity index (χ2v) is 8.43. The summed E-state index contributed by atoms with van der Waals surface area (Å²) in [6, 6.07) is -0.140. The fourth-order valence-electron chi connectivity index (χ4n) is 4.11. The standard InChI is InChI=1S/C21H19F4N5O3/c1-11-14-4-12(22)2-3-15(14)33-16(11)17(21(23,24)25)29-19(31)28-13-5-26-18(27-6-13)30-7-20(8-30)9-32-10-20/h2-6,17H,7-10H2,1H3,(H2,28,29,31). The van der Waals surface area contributed by atoms with Gasteiger partial charge in [-0.2, -0.15) is 13.2 Å². The minimum atomic E-state index is -4.85. The van der Waals surface area contributed by atoms with Crippen LogP contribution in [0.5, 0.6) is 0 Å². The molecule has 0 bridgehead atoms. The van der Waals surface area contributed by atoms with Crippen molar-refractivity contribution in [3.63, 3.8) is 0 Å². The summed E-state index contributed by atoms with van der Waals surface area (Å²) in [6.45, 7) is 4.34. The van der Waals surface area contributed by atoms with Crippen LogP contribution >= 0.6 is 0 Å². The van der Waals surface area contributed by atoms with Crippen LogP contribution < -0.4 is 15.5 Å². The van der Waals surface area contributed by atoms with Crippen molar-refractivity contribution in [2.45, 2.75) is 19.1 Å². The number of aryl methyl sites for hydroxylation is 1. The summed E-state index contributed by atoms with van der Waals surface area (Å²) in [5.41, 5.74) is 0.477. The lowest BCUT2D eigenvalue weighted by Crippen LogP contribution is -2.66. The number of alkyl halides is 3. The van der Waals surface area contributed by atoms with Gasteiger partial charge in [0.05, 0.1) is 36.7 Å². The Kier molecular flexibility index (Phi) is 4.92. The zero-order chi connectivity index (χ0) is 23.4. The molecule has 3 aromatic rings. The SMILES string of the molecule is Cc1c(C(NC(=O)Nc2cnc(N3CC4(COC4)C3)nc2)C(F)(F)F)oc2ccc(F)cc12. The first-order valence-electron chi connectivity index (χ1n) is 10.1. The molecule has 8 nitrogen and oxygen atoms in total. The van der Waals surface area contributed by atoms with E-state index in [4.69, 9.17) is 9.15 Å². The highest BCUT2D eigenvalue weighted by Crippen LogP contribution is 2.40. The van der Waals surface area contributed by atoms with Gasteiger partial charge in [-0.25, -0.2) is 19.2 Å². The van der Waals surface area contributed by atoms with Crippen LogP contribution in [0, 0.1) is 18.2 Å². The van der Waals surface area contributed by atoms with Crippen molar-refractivity contribution in [2.24, 2.45) is 5.41 Å². The fraction of sp³-hybridized carbons (Fsp3) is 0.381. The Balaban J connectivity index is 1.28. The van der Waals surface area contributed by atoms with Gasteiger partial charge in [0, 0.05) is 24.0 Å². The molecule has 2 N–H and O–H groups in total. The second-order valence-electron chi connectivity index (χ2n) is 8.43. The first-order valence-corrected chi connectivity index (χ1v) is 10.1. The molecule has 174 valence electrons. The maximum absolute atomic E-state index is 13.8. The van der Waals surface area contributed by atoms with E-state index >= 15 is 0 Å². The quantitative estimate of drug-likeness (QED) is 0.568. The fourth-order valence-corrected chi connectivity index (χ4v) is 4.11. The Bertz CT molecular complexity index is 1200. The highest BCUT2D eigenvalue weighted by atomic mass is 19.4. The highest BCUT2D eigenvalue weighted by molar-refractivity contribution is 5.89. The number of benzene rings is 1. The third kappa shape index (κ3) is 3.94. The van der Waals surface area contributed by atoms with Crippen LogP contribution in [0.1, 0.15) is 17.4 Å². The van der Waals surface area contributed by atoms with Crippen LogP contribution in [0.2, 0.25) is 0 Å². The number of halogens is 4. The molecule has 0 aliphatic carbocycles. The Morgan fingerprint density at radius 3 is 2.52 bits per heavy atom. The van der Waals surface area contributed by atoms with Crippen LogP contribution in [0.25, 0.3) is 11.0 Å². The summed E-state index contributed by atoms with van der Waals surface area (Å²) in [5.74, 6) is -0.654. The molecule has 1 aromatic carbocycles. The maximum atomic E-state index is 13.8. The van der Waals surface area contributed by atoms with Crippen molar-refractivity contribution in [1.82, 2.24) is 15.3 Å². The predicted octanol–water partition coefficient (Wildman–Crippen LogP) is 3.93. The average Bonchev–Trinajstić information content (AvgIpc) is 3.00. The Labute approximate surface area is 184 Å². The van der Waals surface area contributed by atoms with Gasteiger partial charge in [0.1, 0.15) is 17.2 Å². The lowest BCUT2D eigenvalue weighted by molar-refractivity contribution is -0.158. The molecule has 1 atom stereocenters. The van der Waals surface area contributed by atoms with Gasteiger partial charge in [0.25, 0.3) is 0 Å². The molecule has 0 radical (unpaired) electrons. The molecule has 5 rings (SSSR count). The van der Waals surface area contributed by atoms with Gasteiger partial charge < -0.3 is 24.7 Å². The molecule has 0 saturated carbocycles. The number of urea groups is 1. The van der Waals surface area contributed by atoms with Crippen LogP contribution in [-0.4, -0.2) is 48.5 Å². The highest BCUT2D eigenvalue weighted by Gasteiger charge is 2.50. The van der Waals surface area contributed by atoms with E-state index in [9.17, 15) is 22.4 Å². The van der Waals surface area contributed by atoms with Crippen LogP contribution in [-0.2, 0) is 4.74 Å². The molecule has 2 aromatic heterocycles. The number of anilines is 2. The van der Waals surface area contributed by atoms with E-state index in [1.807, 2.05) is 10.2 Å². The van der Waals surface area contributed by atoms with Crippen molar-refractivity contribution in [3.8, 4) is 0 Å². The molecule has 4 heterocycles. The number of nitrogens with zero attached hydrogens (tertiary/aromatic N) is 3. The molecule has 33 heavy (non-hydrogen) atoms. The number of nitrogens with one attached hydrogen (secondary N) is 2. The minimum absolute atomic E-state index is 0.0870. The van der Waals surface area contributed by atoms with Crippen molar-refractivity contribution < 1.29 is 31.5 Å². The monoisotopic (exact) mass is 465 g/mol. The maximum Gasteiger partial charge on any atom is 0.416 e. The van der Waals surface area contributed by atoms with Crippen molar-refractivity contribution in [2.75, 3.05) is 36.5 Å². The van der Waals surface area contributed by atoms with E-state index in [1.165, 1.54) is 25.4 Å². The summed E-state index contributed by atoms with van der Waals surface area (Å²) in [4.78, 5) is 22.6. The van der Waals surface area contributed by atoms with E-state index in [-0.39, 0.29) is 27.6 Å². The van der Waals surface area contributed by atoms with Crippen molar-refractivity contribution in [1.29, 1.82) is 0 Å². The van der Waals surface area contributed by atoms with Gasteiger partial charge in [0.2, 0.25) is 5.95 Å². The molecule has 1 spiro atoms. The van der Waals surface area contributed by atoms with Crippen LogP contribution in [0.15, 0.2) is 35.0 Å². The molecule has 2 saturated heterocycles. The first-order chi connectivity index (χ1) is 15.6. The number of fused-ring (bicyclic) bond motifs is 1. The molecular weight excluding hydrogens is 446 g/mol. The minimum Gasteiger partial charge on any atom is -0.458 e. The molecule has 1 unspecified atom stereocenters. The summed E-state index contributed by atoms with van der Waals surface area (Å²) >= 11 is 0. The van der Waals surface area contributed by atoms with E-state index in [0.29, 0.717) is 19.2 Å². The Hall–Kier alpha value is -3.41. The number of aromatic nitrogens is 2. The lowest BCUT2D eigenvalue weighted by atomic mass is 9.78. The van der Waals surface area contributed by atoms with Gasteiger partial charge in [-0.15, -0.1) is 0 Å². The molecular formula is C21H19F4N5O3. The van der Waals surface area contributed by atoms with E-state index in [2.05, 4.69) is 15.3 Å². The zero-order valence-electron chi connectivity index (χ0n) is 17.4. The van der Waals surface area contributed by atoms with Crippen LogP contribution in [0.4, 0.5) is 34.0 Å². The number of ether oxygens (including phenoxy) is 1.